The molecule has 0 aromatic heterocycles. The van der Waals surface area contributed by atoms with Gasteiger partial charge in [0.05, 0.1) is 17.4 Å². The predicted octanol–water partition coefficient (Wildman–Crippen LogP) is 4.55. The number of hydrogen-bond acceptors (Lipinski definition) is 2. The molecule has 1 amide bonds. The molecule has 3 saturated carbocycles. The van der Waals surface area contributed by atoms with Crippen molar-refractivity contribution in [3.05, 3.63) is 29.8 Å². The average Bonchev–Trinajstić information content (AvgIpc) is 2.62. The van der Waals surface area contributed by atoms with Crippen molar-refractivity contribution in [3.63, 3.8) is 0 Å². The van der Waals surface area contributed by atoms with Crippen LogP contribution in [0.25, 0.3) is 0 Å². The molecule has 1 heterocycles. The van der Waals surface area contributed by atoms with Gasteiger partial charge < -0.3 is 9.64 Å². The van der Waals surface area contributed by atoms with E-state index in [-0.39, 0.29) is 31.3 Å². The molecule has 138 valence electrons. The van der Waals surface area contributed by atoms with E-state index in [4.69, 9.17) is 4.74 Å². The number of para-hydroxylation sites is 1. The smallest absolute Gasteiger partial charge is 0.394 e. The van der Waals surface area contributed by atoms with Crippen LogP contribution in [0.4, 0.5) is 13.2 Å². The van der Waals surface area contributed by atoms with Crippen LogP contribution in [0.15, 0.2) is 24.3 Å². The van der Waals surface area contributed by atoms with Crippen molar-refractivity contribution in [1.29, 1.82) is 0 Å². The zero-order valence-corrected chi connectivity index (χ0v) is 14.8. The number of carbonyl (C=O) groups excluding carboxylic acids is 1. The third-order valence-electron chi connectivity index (χ3n) is 5.51. The molecule has 0 spiro atoms. The van der Waals surface area contributed by atoms with Crippen LogP contribution in [0.2, 0.25) is 0 Å². The van der Waals surface area contributed by atoms with Crippen molar-refractivity contribution in [2.75, 3.05) is 6.54 Å². The molecule has 1 atom stereocenters. The highest BCUT2D eigenvalue weighted by Crippen LogP contribution is 2.78. The summed E-state index contributed by atoms with van der Waals surface area (Å²) in [6, 6.07) is 7.50. The maximum atomic E-state index is 13.0. The van der Waals surface area contributed by atoms with Crippen molar-refractivity contribution >= 4 is 5.91 Å². The molecule has 2 bridgehead atoms. The molecule has 5 rings (SSSR count). The largest absolute Gasteiger partial charge is 0.489 e. The van der Waals surface area contributed by atoms with E-state index in [0.29, 0.717) is 13.1 Å². The van der Waals surface area contributed by atoms with Gasteiger partial charge in [-0.1, -0.05) is 32.0 Å². The number of amides is 1. The Kier molecular flexibility index (Phi) is 4.28. The Hall–Kier alpha value is -1.72. The zero-order valence-electron chi connectivity index (χ0n) is 14.8. The molecule has 0 saturated heterocycles. The predicted molar refractivity (Wildman–Crippen MR) is 88.1 cm³/mol. The van der Waals surface area contributed by atoms with Crippen LogP contribution < -0.4 is 4.74 Å². The lowest BCUT2D eigenvalue weighted by Crippen LogP contribution is -2.73. The minimum Gasteiger partial charge on any atom is -0.489 e. The second-order valence-electron chi connectivity index (χ2n) is 7.31. The van der Waals surface area contributed by atoms with E-state index in [2.05, 4.69) is 0 Å². The summed E-state index contributed by atoms with van der Waals surface area (Å²) in [5.41, 5.74) is -1.47. The maximum absolute atomic E-state index is 13.0. The Balaban J connectivity index is 0.000000880. The Labute approximate surface area is 146 Å². The summed E-state index contributed by atoms with van der Waals surface area (Å²) >= 11 is 0. The molecule has 3 nitrogen and oxygen atoms in total. The van der Waals surface area contributed by atoms with Crippen LogP contribution in [-0.4, -0.2) is 29.6 Å². The summed E-state index contributed by atoms with van der Waals surface area (Å²) in [7, 11) is 0. The zero-order chi connectivity index (χ0) is 18.5. The highest BCUT2D eigenvalue weighted by atomic mass is 19.4. The number of nitrogens with zero attached hydrogens (tertiary/aromatic N) is 1. The SMILES string of the molecule is CC.C[C@H]1CN(C(=O)C23CC(C(F)(F)F)(C2)C3)Cc2ccccc2O1. The molecule has 6 heteroatoms. The first-order valence-electron chi connectivity index (χ1n) is 8.85. The molecule has 0 radical (unpaired) electrons. The molecular formula is C19H24F3NO2. The molecule has 0 unspecified atom stereocenters. The van der Waals surface area contributed by atoms with E-state index in [1.54, 1.807) is 4.90 Å². The Morgan fingerprint density at radius 3 is 2.40 bits per heavy atom. The van der Waals surface area contributed by atoms with Crippen molar-refractivity contribution in [2.24, 2.45) is 10.8 Å². The lowest BCUT2D eigenvalue weighted by molar-refractivity contribution is -0.353. The van der Waals surface area contributed by atoms with Crippen molar-refractivity contribution < 1.29 is 22.7 Å². The quantitative estimate of drug-likeness (QED) is 0.739. The van der Waals surface area contributed by atoms with E-state index in [1.165, 1.54) is 0 Å². The van der Waals surface area contributed by atoms with Crippen LogP contribution >= 0.6 is 0 Å². The molecular weight excluding hydrogens is 331 g/mol. The molecule has 3 fully saturated rings. The van der Waals surface area contributed by atoms with Gasteiger partial charge in [-0.3, -0.25) is 4.79 Å². The van der Waals surface area contributed by atoms with Gasteiger partial charge in [-0.2, -0.15) is 13.2 Å². The molecule has 3 aliphatic carbocycles. The second-order valence-corrected chi connectivity index (χ2v) is 7.31. The Morgan fingerprint density at radius 2 is 1.80 bits per heavy atom. The van der Waals surface area contributed by atoms with Crippen molar-refractivity contribution in [2.45, 2.75) is 58.9 Å². The minimum atomic E-state index is -4.18. The fraction of sp³-hybridized carbons (Fsp3) is 0.632. The van der Waals surface area contributed by atoms with Gasteiger partial charge in [0.2, 0.25) is 5.91 Å². The maximum Gasteiger partial charge on any atom is 0.394 e. The number of benzene rings is 1. The topological polar surface area (TPSA) is 29.5 Å². The highest BCUT2D eigenvalue weighted by Gasteiger charge is 2.81. The van der Waals surface area contributed by atoms with Crippen molar-refractivity contribution in [1.82, 2.24) is 4.90 Å². The lowest BCUT2D eigenvalue weighted by Gasteiger charge is -2.69. The number of ether oxygens (including phenoxy) is 1. The van der Waals surface area contributed by atoms with Gasteiger partial charge in [-0.15, -0.1) is 0 Å². The monoisotopic (exact) mass is 355 g/mol. The van der Waals surface area contributed by atoms with E-state index in [0.717, 1.165) is 11.3 Å². The summed E-state index contributed by atoms with van der Waals surface area (Å²) in [5.74, 6) is 0.607. The first-order valence-corrected chi connectivity index (χ1v) is 8.85. The number of fused-ring (bicyclic) bond motifs is 1. The molecule has 1 aromatic carbocycles. The highest BCUT2D eigenvalue weighted by molar-refractivity contribution is 5.86. The number of rotatable bonds is 1. The first kappa shape index (κ1) is 18.1. The van der Waals surface area contributed by atoms with Crippen LogP contribution in [0.3, 0.4) is 0 Å². The van der Waals surface area contributed by atoms with Crippen molar-refractivity contribution in [3.8, 4) is 5.75 Å². The number of alkyl halides is 3. The standard InChI is InChI=1S/C17H18F3NO2.C2H6/c1-11-6-21(7-12-4-2-3-5-13(12)23-11)14(22)15-8-16(9-15,10-15)17(18,19)20;1-2/h2-5,11H,6-10H2,1H3;1-2H3/t11-,15?,16?;/m0./s1. The van der Waals surface area contributed by atoms with Gasteiger partial charge >= 0.3 is 6.18 Å². The number of halogens is 3. The lowest BCUT2D eigenvalue weighted by atomic mass is 9.34. The molecule has 1 aromatic rings. The Morgan fingerprint density at radius 1 is 1.20 bits per heavy atom. The van der Waals surface area contributed by atoms with Crippen LogP contribution in [0.5, 0.6) is 5.75 Å². The van der Waals surface area contributed by atoms with E-state index >= 15 is 0 Å². The van der Waals surface area contributed by atoms with E-state index in [9.17, 15) is 18.0 Å². The molecule has 25 heavy (non-hydrogen) atoms. The average molecular weight is 355 g/mol. The van der Waals surface area contributed by atoms with E-state index in [1.807, 2.05) is 45.0 Å². The third-order valence-corrected chi connectivity index (χ3v) is 5.51. The Bertz CT molecular complexity index is 651. The first-order chi connectivity index (χ1) is 11.7. The van der Waals surface area contributed by atoms with Crippen LogP contribution in [0, 0.1) is 10.8 Å². The van der Waals surface area contributed by atoms with Gasteiger partial charge in [0.1, 0.15) is 11.9 Å². The normalized spacial score (nSPS) is 32.7. The minimum absolute atomic E-state index is 0.0459. The van der Waals surface area contributed by atoms with Crippen LogP contribution in [0.1, 0.15) is 45.6 Å². The van der Waals surface area contributed by atoms with Gasteiger partial charge in [-0.05, 0) is 32.3 Å². The van der Waals surface area contributed by atoms with Gasteiger partial charge in [0.15, 0.2) is 0 Å². The number of carbonyl (C=O) groups is 1. The molecule has 4 aliphatic rings. The van der Waals surface area contributed by atoms with Gasteiger partial charge in [0.25, 0.3) is 0 Å². The summed E-state index contributed by atoms with van der Waals surface area (Å²) in [5, 5.41) is 0. The summed E-state index contributed by atoms with van der Waals surface area (Å²) in [4.78, 5) is 14.5. The van der Waals surface area contributed by atoms with Crippen LogP contribution in [-0.2, 0) is 11.3 Å². The molecule has 1 aliphatic heterocycles. The fourth-order valence-electron chi connectivity index (χ4n) is 4.39. The summed E-state index contributed by atoms with van der Waals surface area (Å²) in [6.45, 7) is 6.69. The third kappa shape index (κ3) is 2.70. The summed E-state index contributed by atoms with van der Waals surface area (Å²) in [6.07, 6.45) is -4.50. The molecule has 0 N–H and O–H groups in total. The second kappa shape index (κ2) is 5.92. The summed E-state index contributed by atoms with van der Waals surface area (Å²) < 4.78 is 44.7. The number of hydrogen-bond donors (Lipinski definition) is 0. The van der Waals surface area contributed by atoms with E-state index < -0.39 is 17.0 Å². The van der Waals surface area contributed by atoms with Gasteiger partial charge in [0, 0.05) is 12.1 Å². The van der Waals surface area contributed by atoms with Gasteiger partial charge in [-0.25, -0.2) is 0 Å². The fourth-order valence-corrected chi connectivity index (χ4v) is 4.39.